The van der Waals surface area contributed by atoms with E-state index in [0.717, 1.165) is 123 Å². The number of guanidine groups is 3. The van der Waals surface area contributed by atoms with Gasteiger partial charge >= 0.3 is 0 Å². The van der Waals surface area contributed by atoms with E-state index in [4.69, 9.17) is 0 Å². The van der Waals surface area contributed by atoms with E-state index < -0.39 is 0 Å². The van der Waals surface area contributed by atoms with Crippen molar-refractivity contribution < 1.29 is 0 Å². The average Bonchev–Trinajstić information content (AvgIpc) is 3.98. The van der Waals surface area contributed by atoms with Gasteiger partial charge in [-0.25, -0.2) is 4.98 Å². The molecule has 3 aliphatic rings. The highest BCUT2D eigenvalue weighted by molar-refractivity contribution is 9.10. The third kappa shape index (κ3) is 8.24. The number of aryl methyl sites for hydroxylation is 2. The summed E-state index contributed by atoms with van der Waals surface area (Å²) in [5, 5.41) is 19.2. The summed E-state index contributed by atoms with van der Waals surface area (Å²) < 4.78 is 0.910. The molecule has 0 atom stereocenters. The van der Waals surface area contributed by atoms with Gasteiger partial charge in [-0.3, -0.25) is 39.9 Å². The summed E-state index contributed by atoms with van der Waals surface area (Å²) in [5.74, 6) is 2.45. The number of nitrogens with zero attached hydrogens (tertiary/aromatic N) is 9. The van der Waals surface area contributed by atoms with Gasteiger partial charge in [-0.1, -0.05) is 0 Å². The molecule has 0 radical (unpaired) electrons. The highest BCUT2D eigenvalue weighted by atomic mass is 79.9. The van der Waals surface area contributed by atoms with E-state index in [2.05, 4.69) is 92.7 Å². The van der Waals surface area contributed by atoms with E-state index in [1.165, 1.54) is 0 Å². The normalized spacial score (nSPS) is 14.5. The van der Waals surface area contributed by atoms with Crippen LogP contribution < -0.4 is 31.9 Å². The Morgan fingerprint density at radius 1 is 0.569 bits per heavy atom. The summed E-state index contributed by atoms with van der Waals surface area (Å²) in [6, 6.07) is 13.8. The van der Waals surface area contributed by atoms with Crippen LogP contribution in [-0.2, 0) is 0 Å². The molecule has 0 fully saturated rings. The molecule has 6 heterocycles. The Labute approximate surface area is 302 Å². The number of rotatable bonds is 3. The maximum absolute atomic E-state index is 4.50. The molecule has 6 N–H and O–H groups in total. The predicted octanol–water partition coefficient (Wildman–Crippen LogP) is 4.38. The zero-order valence-corrected chi connectivity index (χ0v) is 29.7. The monoisotopic (exact) mass is 745 g/mol. The van der Waals surface area contributed by atoms with Crippen molar-refractivity contribution in [3.8, 4) is 0 Å². The quantitative estimate of drug-likeness (QED) is 0.150. The van der Waals surface area contributed by atoms with Gasteiger partial charge < -0.3 is 31.9 Å². The Hall–Kier alpha value is -6.03. The highest BCUT2D eigenvalue weighted by Gasteiger charge is 2.12. The molecular formula is C35H36BrN15. The Balaban J connectivity index is 0.000000120. The molecule has 3 aliphatic heterocycles. The minimum absolute atomic E-state index is 0.802. The maximum atomic E-state index is 4.50. The minimum Gasteiger partial charge on any atom is -0.354 e. The van der Waals surface area contributed by atoms with Gasteiger partial charge in [0.25, 0.3) is 0 Å². The van der Waals surface area contributed by atoms with Gasteiger partial charge in [0.05, 0.1) is 63.1 Å². The largest absolute Gasteiger partial charge is 0.354 e. The third-order valence-corrected chi connectivity index (χ3v) is 8.73. The summed E-state index contributed by atoms with van der Waals surface area (Å²) in [7, 11) is 0. The summed E-state index contributed by atoms with van der Waals surface area (Å²) >= 11 is 3.58. The Bertz CT molecular complexity index is 2290. The lowest BCUT2D eigenvalue weighted by atomic mass is 10.1. The van der Waals surface area contributed by atoms with Gasteiger partial charge in [-0.15, -0.1) is 0 Å². The molecule has 0 spiro atoms. The van der Waals surface area contributed by atoms with Crippen molar-refractivity contribution in [3.05, 3.63) is 89.2 Å². The second-order valence-corrected chi connectivity index (χ2v) is 12.4. The summed E-state index contributed by atoms with van der Waals surface area (Å²) in [4.78, 5) is 38.8. The molecule has 15 nitrogen and oxygen atoms in total. The zero-order valence-electron chi connectivity index (χ0n) is 28.1. The highest BCUT2D eigenvalue weighted by Crippen LogP contribution is 2.29. The Kier molecular flexibility index (Phi) is 10.3. The van der Waals surface area contributed by atoms with E-state index in [0.29, 0.717) is 0 Å². The van der Waals surface area contributed by atoms with E-state index >= 15 is 0 Å². The molecule has 0 unspecified atom stereocenters. The van der Waals surface area contributed by atoms with Gasteiger partial charge in [-0.2, -0.15) is 0 Å². The van der Waals surface area contributed by atoms with Crippen LogP contribution in [0.15, 0.2) is 92.9 Å². The molecule has 0 amide bonds. The van der Waals surface area contributed by atoms with E-state index in [1.54, 1.807) is 31.0 Å². The van der Waals surface area contributed by atoms with Crippen molar-refractivity contribution in [2.24, 2.45) is 15.0 Å². The maximum Gasteiger partial charge on any atom is 0.195 e. The van der Waals surface area contributed by atoms with Crippen molar-refractivity contribution in [2.75, 3.05) is 55.2 Å². The van der Waals surface area contributed by atoms with Crippen LogP contribution in [0.25, 0.3) is 33.1 Å². The Morgan fingerprint density at radius 3 is 1.78 bits per heavy atom. The van der Waals surface area contributed by atoms with Crippen LogP contribution in [0, 0.1) is 13.8 Å². The predicted molar refractivity (Wildman–Crippen MR) is 208 cm³/mol. The number of nitrogens with one attached hydrogen (secondary N) is 6. The molecule has 51 heavy (non-hydrogen) atoms. The number of aliphatic imine (C=N–C) groups is 3. The number of aromatic nitrogens is 6. The van der Waals surface area contributed by atoms with Crippen LogP contribution in [0.3, 0.4) is 0 Å². The van der Waals surface area contributed by atoms with Gasteiger partial charge in [0.15, 0.2) is 17.9 Å². The van der Waals surface area contributed by atoms with Crippen molar-refractivity contribution in [3.63, 3.8) is 0 Å². The summed E-state index contributed by atoms with van der Waals surface area (Å²) in [6.07, 6.45) is 8.57. The lowest BCUT2D eigenvalue weighted by Crippen LogP contribution is -2.26. The minimum atomic E-state index is 0.802. The first-order chi connectivity index (χ1) is 25.0. The molecular weight excluding hydrogens is 710 g/mol. The number of benzene rings is 3. The van der Waals surface area contributed by atoms with Crippen LogP contribution in [0.1, 0.15) is 11.3 Å². The number of halogens is 1. The second kappa shape index (κ2) is 15.7. The average molecular weight is 747 g/mol. The lowest BCUT2D eigenvalue weighted by Gasteiger charge is -2.10. The standard InChI is InChI=1S/C12H12BrN5.C12H13N5.C11H11N5/c1-7-6-16-9-3-2-8(10(13)11(9)17-7)18-12-14-4-5-15-12;1-8-9(17-12-15-6-7-16-12)2-3-10-11(8)14-5-4-13-10;1-2-9-10(13-4-3-12-9)7-8(1)16-11-14-5-6-15-11/h2-3,6H,4-5H2,1H3,(H2,14,15,18);2-5H,6-7H2,1H3,(H2,15,16,17);1-4,7H,5-6H2,(H2,14,15,16). The first kappa shape index (κ1) is 33.5. The summed E-state index contributed by atoms with van der Waals surface area (Å²) in [5.41, 5.74) is 10.3. The van der Waals surface area contributed by atoms with Gasteiger partial charge in [0.2, 0.25) is 0 Å². The topological polar surface area (TPSA) is 187 Å². The number of hydrogen-bond acceptors (Lipinski definition) is 15. The van der Waals surface area contributed by atoms with Gasteiger partial charge in [0, 0.05) is 67.6 Å². The molecule has 16 heteroatoms. The van der Waals surface area contributed by atoms with Crippen LogP contribution in [0.5, 0.6) is 0 Å². The van der Waals surface area contributed by atoms with E-state index in [1.807, 2.05) is 56.3 Å². The van der Waals surface area contributed by atoms with Crippen LogP contribution >= 0.6 is 15.9 Å². The van der Waals surface area contributed by atoms with Crippen molar-refractivity contribution >= 4 is 84.0 Å². The first-order valence-corrected chi connectivity index (χ1v) is 17.3. The third-order valence-electron chi connectivity index (χ3n) is 7.93. The molecule has 6 aromatic rings. The van der Waals surface area contributed by atoms with Crippen LogP contribution in [-0.4, -0.2) is 87.1 Å². The smallest absolute Gasteiger partial charge is 0.195 e. The fourth-order valence-electron chi connectivity index (χ4n) is 5.42. The van der Waals surface area contributed by atoms with Crippen LogP contribution in [0.2, 0.25) is 0 Å². The Morgan fingerprint density at radius 2 is 1.12 bits per heavy atom. The molecule has 0 saturated carbocycles. The molecule has 0 bridgehead atoms. The summed E-state index contributed by atoms with van der Waals surface area (Å²) in [6.45, 7) is 9.12. The van der Waals surface area contributed by atoms with Crippen LogP contribution in [0.4, 0.5) is 17.1 Å². The molecule has 0 saturated heterocycles. The molecule has 3 aromatic heterocycles. The fraction of sp³-hybridized carbons (Fsp3) is 0.229. The lowest BCUT2D eigenvalue weighted by molar-refractivity contribution is 0.959. The fourth-order valence-corrected chi connectivity index (χ4v) is 5.94. The first-order valence-electron chi connectivity index (χ1n) is 16.5. The van der Waals surface area contributed by atoms with Crippen molar-refractivity contribution in [1.29, 1.82) is 0 Å². The second-order valence-electron chi connectivity index (χ2n) is 11.6. The zero-order chi connectivity index (χ0) is 35.0. The number of fused-ring (bicyclic) bond motifs is 3. The van der Waals surface area contributed by atoms with Crippen molar-refractivity contribution in [1.82, 2.24) is 45.9 Å². The SMILES string of the molecule is Cc1c(NC2=NCCN2)ccc2nccnc12.Cc1cnc2ccc(NC3=NCCN3)c(Br)c2n1.c1cnc2cc(NC3=NCCN3)ccc2n1. The van der Waals surface area contributed by atoms with Crippen molar-refractivity contribution in [2.45, 2.75) is 13.8 Å². The van der Waals surface area contributed by atoms with Gasteiger partial charge in [-0.05, 0) is 72.2 Å². The molecule has 0 aliphatic carbocycles. The number of hydrogen-bond donors (Lipinski definition) is 6. The molecule has 9 rings (SSSR count). The van der Waals surface area contributed by atoms with Gasteiger partial charge in [0.1, 0.15) is 5.52 Å². The number of anilines is 3. The molecule has 258 valence electrons. The molecule has 3 aromatic carbocycles. The van der Waals surface area contributed by atoms with E-state index in [-0.39, 0.29) is 0 Å². The van der Waals surface area contributed by atoms with E-state index in [9.17, 15) is 0 Å².